The summed E-state index contributed by atoms with van der Waals surface area (Å²) in [6.07, 6.45) is 3.81. The van der Waals surface area contributed by atoms with Gasteiger partial charge in [0.15, 0.2) is 0 Å². The monoisotopic (exact) mass is 414 g/mol. The third-order valence-corrected chi connectivity index (χ3v) is 7.45. The number of amides is 1. The van der Waals surface area contributed by atoms with Gasteiger partial charge in [-0.1, -0.05) is 48.0 Å². The first-order valence-corrected chi connectivity index (χ1v) is 11.8. The molecule has 1 aliphatic heterocycles. The summed E-state index contributed by atoms with van der Waals surface area (Å²) in [5, 5.41) is 3.03. The number of rotatable bonds is 8. The van der Waals surface area contributed by atoms with Gasteiger partial charge in [0.1, 0.15) is 0 Å². The van der Waals surface area contributed by atoms with Crippen LogP contribution in [0.4, 0.5) is 0 Å². The summed E-state index contributed by atoms with van der Waals surface area (Å²) in [7, 11) is -3.41. The van der Waals surface area contributed by atoms with Crippen molar-refractivity contribution in [1.82, 2.24) is 9.62 Å². The Morgan fingerprint density at radius 2 is 1.69 bits per heavy atom. The van der Waals surface area contributed by atoms with Crippen LogP contribution in [0.3, 0.4) is 0 Å². The van der Waals surface area contributed by atoms with Crippen molar-refractivity contribution in [1.29, 1.82) is 0 Å². The van der Waals surface area contributed by atoms with Gasteiger partial charge < -0.3 is 5.32 Å². The Morgan fingerprint density at radius 1 is 1.03 bits per heavy atom. The van der Waals surface area contributed by atoms with Crippen LogP contribution in [0.2, 0.25) is 0 Å². The van der Waals surface area contributed by atoms with Crippen LogP contribution in [0.5, 0.6) is 0 Å². The highest BCUT2D eigenvalue weighted by Gasteiger charge is 2.29. The van der Waals surface area contributed by atoms with E-state index in [2.05, 4.69) is 36.5 Å². The lowest BCUT2D eigenvalue weighted by atomic mass is 9.98. The van der Waals surface area contributed by atoms with Crippen molar-refractivity contribution < 1.29 is 13.2 Å². The Kier molecular flexibility index (Phi) is 7.45. The van der Waals surface area contributed by atoms with E-state index in [1.807, 2.05) is 6.07 Å². The van der Waals surface area contributed by atoms with Gasteiger partial charge in [-0.05, 0) is 56.2 Å². The molecule has 2 aromatic carbocycles. The van der Waals surface area contributed by atoms with Crippen molar-refractivity contribution in [3.63, 3.8) is 0 Å². The molecule has 1 saturated heterocycles. The van der Waals surface area contributed by atoms with E-state index >= 15 is 0 Å². The van der Waals surface area contributed by atoms with Gasteiger partial charge >= 0.3 is 0 Å². The third kappa shape index (κ3) is 6.15. The maximum atomic E-state index is 12.7. The van der Waals surface area contributed by atoms with Gasteiger partial charge in [0, 0.05) is 26.1 Å². The van der Waals surface area contributed by atoms with Gasteiger partial charge in [0.25, 0.3) is 0 Å². The molecule has 3 rings (SSSR count). The van der Waals surface area contributed by atoms with Gasteiger partial charge in [0.05, 0.1) is 4.90 Å². The lowest BCUT2D eigenvalue weighted by molar-refractivity contribution is -0.121. The minimum atomic E-state index is -3.41. The Morgan fingerprint density at radius 3 is 2.34 bits per heavy atom. The zero-order valence-corrected chi connectivity index (χ0v) is 17.8. The van der Waals surface area contributed by atoms with E-state index < -0.39 is 10.0 Å². The fourth-order valence-corrected chi connectivity index (χ4v) is 5.14. The second-order valence-electron chi connectivity index (χ2n) is 7.80. The summed E-state index contributed by atoms with van der Waals surface area (Å²) in [5.41, 5.74) is 2.50. The zero-order valence-electron chi connectivity index (χ0n) is 17.0. The molecule has 0 bridgehead atoms. The number of carbonyl (C=O) groups is 1. The van der Waals surface area contributed by atoms with Crippen LogP contribution in [-0.2, 0) is 21.2 Å². The molecule has 5 nitrogen and oxygen atoms in total. The molecule has 2 aromatic rings. The standard InChI is InChI=1S/C23H30N2O3S/c1-19-10-12-20(13-11-19)6-5-9-23(26)24-18-21-14-16-25(17-15-21)29(27,28)22-7-3-2-4-8-22/h2-4,7-8,10-13,21H,5-6,9,14-18H2,1H3,(H,24,26). The van der Waals surface area contributed by atoms with Gasteiger partial charge in [0.2, 0.25) is 15.9 Å². The van der Waals surface area contributed by atoms with Crippen LogP contribution in [-0.4, -0.2) is 38.3 Å². The maximum absolute atomic E-state index is 12.7. The Balaban J connectivity index is 1.36. The summed E-state index contributed by atoms with van der Waals surface area (Å²) in [6.45, 7) is 3.71. The Labute approximate surface area is 174 Å². The second-order valence-corrected chi connectivity index (χ2v) is 9.74. The third-order valence-electron chi connectivity index (χ3n) is 5.53. The van der Waals surface area contributed by atoms with Crippen molar-refractivity contribution in [2.45, 2.75) is 43.9 Å². The number of piperidine rings is 1. The van der Waals surface area contributed by atoms with Crippen molar-refractivity contribution in [2.75, 3.05) is 19.6 Å². The van der Waals surface area contributed by atoms with Crippen LogP contribution >= 0.6 is 0 Å². The molecule has 156 valence electrons. The molecular weight excluding hydrogens is 384 g/mol. The number of hydrogen-bond acceptors (Lipinski definition) is 3. The topological polar surface area (TPSA) is 66.5 Å². The van der Waals surface area contributed by atoms with E-state index in [-0.39, 0.29) is 5.91 Å². The Hall–Kier alpha value is -2.18. The van der Waals surface area contributed by atoms with E-state index in [1.165, 1.54) is 11.1 Å². The SMILES string of the molecule is Cc1ccc(CCCC(=O)NCC2CCN(S(=O)(=O)c3ccccc3)CC2)cc1. The minimum absolute atomic E-state index is 0.0800. The largest absolute Gasteiger partial charge is 0.356 e. The van der Waals surface area contributed by atoms with Crippen molar-refractivity contribution in [2.24, 2.45) is 5.92 Å². The molecule has 29 heavy (non-hydrogen) atoms. The minimum Gasteiger partial charge on any atom is -0.356 e. The number of nitrogens with one attached hydrogen (secondary N) is 1. The van der Waals surface area contributed by atoms with Crippen LogP contribution in [0.15, 0.2) is 59.5 Å². The summed E-state index contributed by atoms with van der Waals surface area (Å²) in [4.78, 5) is 12.5. The van der Waals surface area contributed by atoms with E-state index in [0.29, 0.717) is 36.9 Å². The quantitative estimate of drug-likeness (QED) is 0.719. The molecule has 6 heteroatoms. The second kappa shape index (κ2) is 10.0. The average Bonchev–Trinajstić information content (AvgIpc) is 2.74. The van der Waals surface area contributed by atoms with Crippen LogP contribution < -0.4 is 5.32 Å². The number of nitrogens with zero attached hydrogens (tertiary/aromatic N) is 1. The predicted octanol–water partition coefficient (Wildman–Crippen LogP) is 3.53. The van der Waals surface area contributed by atoms with Crippen LogP contribution in [0, 0.1) is 12.8 Å². The molecule has 0 radical (unpaired) electrons. The molecule has 1 fully saturated rings. The highest BCUT2D eigenvalue weighted by Crippen LogP contribution is 2.23. The van der Waals surface area contributed by atoms with Gasteiger partial charge in [-0.2, -0.15) is 4.31 Å². The first kappa shape index (κ1) is 21.5. The Bertz CT molecular complexity index is 887. The summed E-state index contributed by atoms with van der Waals surface area (Å²) >= 11 is 0. The fraction of sp³-hybridized carbons (Fsp3) is 0.435. The van der Waals surface area contributed by atoms with Crippen LogP contribution in [0.25, 0.3) is 0 Å². The van der Waals surface area contributed by atoms with Crippen molar-refractivity contribution >= 4 is 15.9 Å². The summed E-state index contributed by atoms with van der Waals surface area (Å²) in [6, 6.07) is 17.0. The summed E-state index contributed by atoms with van der Waals surface area (Å²) < 4.78 is 26.9. The molecule has 1 N–H and O–H groups in total. The molecule has 1 amide bonds. The van der Waals surface area contributed by atoms with Crippen molar-refractivity contribution in [3.8, 4) is 0 Å². The molecule has 0 atom stereocenters. The highest BCUT2D eigenvalue weighted by atomic mass is 32.2. The van der Waals surface area contributed by atoms with Crippen molar-refractivity contribution in [3.05, 3.63) is 65.7 Å². The lowest BCUT2D eigenvalue weighted by Gasteiger charge is -2.31. The maximum Gasteiger partial charge on any atom is 0.243 e. The molecule has 0 spiro atoms. The fourth-order valence-electron chi connectivity index (χ4n) is 3.65. The number of benzene rings is 2. The highest BCUT2D eigenvalue weighted by molar-refractivity contribution is 7.89. The molecule has 0 aliphatic carbocycles. The van der Waals surface area contributed by atoms with E-state index in [4.69, 9.17) is 0 Å². The normalized spacial score (nSPS) is 15.9. The van der Waals surface area contributed by atoms with E-state index in [0.717, 1.165) is 25.7 Å². The molecule has 1 aliphatic rings. The predicted molar refractivity (Wildman–Crippen MR) is 115 cm³/mol. The first-order valence-electron chi connectivity index (χ1n) is 10.3. The molecule has 0 saturated carbocycles. The number of aryl methyl sites for hydroxylation is 2. The van der Waals surface area contributed by atoms with Crippen LogP contribution in [0.1, 0.15) is 36.8 Å². The van der Waals surface area contributed by atoms with E-state index in [9.17, 15) is 13.2 Å². The van der Waals surface area contributed by atoms with Gasteiger partial charge in [-0.25, -0.2) is 8.42 Å². The lowest BCUT2D eigenvalue weighted by Crippen LogP contribution is -2.41. The van der Waals surface area contributed by atoms with Gasteiger partial charge in [-0.15, -0.1) is 0 Å². The molecule has 1 heterocycles. The smallest absolute Gasteiger partial charge is 0.243 e. The first-order chi connectivity index (χ1) is 13.9. The molecule has 0 aromatic heterocycles. The number of carbonyl (C=O) groups excluding carboxylic acids is 1. The van der Waals surface area contributed by atoms with Gasteiger partial charge in [-0.3, -0.25) is 4.79 Å². The molecular formula is C23H30N2O3S. The van der Waals surface area contributed by atoms with E-state index in [1.54, 1.807) is 28.6 Å². The molecule has 0 unspecified atom stereocenters. The zero-order chi connectivity index (χ0) is 20.7. The number of sulfonamides is 1. The average molecular weight is 415 g/mol. The summed E-state index contributed by atoms with van der Waals surface area (Å²) in [5.74, 6) is 0.412. The number of hydrogen-bond donors (Lipinski definition) is 1.